The Morgan fingerprint density at radius 3 is 3.33 bits per heavy atom. The average molecular weight is 247 g/mol. The third-order valence-corrected chi connectivity index (χ3v) is 3.24. The van der Waals surface area contributed by atoms with Crippen molar-refractivity contribution in [2.24, 2.45) is 0 Å². The molecule has 0 atom stereocenters. The van der Waals surface area contributed by atoms with Gasteiger partial charge >= 0.3 is 0 Å². The molecule has 1 aromatic heterocycles. The highest BCUT2D eigenvalue weighted by molar-refractivity contribution is 9.08. The summed E-state index contributed by atoms with van der Waals surface area (Å²) >= 11 is 4.92. The summed E-state index contributed by atoms with van der Waals surface area (Å²) in [4.78, 5) is 15.7. The Kier molecular flexibility index (Phi) is 2.23. The number of hydrogen-bond donors (Lipinski definition) is 0. The molecule has 2 heterocycles. The first-order valence-electron chi connectivity index (χ1n) is 3.61. The highest BCUT2D eigenvalue weighted by Gasteiger charge is 2.14. The first kappa shape index (κ1) is 8.31. The van der Waals surface area contributed by atoms with E-state index in [2.05, 4.69) is 20.9 Å². The first-order chi connectivity index (χ1) is 5.81. The third kappa shape index (κ3) is 1.31. The van der Waals surface area contributed by atoms with E-state index in [9.17, 15) is 4.79 Å². The number of halogens is 1. The second-order valence-electron chi connectivity index (χ2n) is 2.50. The number of aromatic nitrogens is 2. The van der Waals surface area contributed by atoms with Crippen LogP contribution >= 0.6 is 27.7 Å². The molecule has 1 aliphatic heterocycles. The quantitative estimate of drug-likeness (QED) is 0.553. The van der Waals surface area contributed by atoms with Crippen LogP contribution in [0.1, 0.15) is 5.69 Å². The molecule has 0 saturated heterocycles. The van der Waals surface area contributed by atoms with E-state index >= 15 is 0 Å². The van der Waals surface area contributed by atoms with Gasteiger partial charge in [-0.15, -0.1) is 0 Å². The van der Waals surface area contributed by atoms with Crippen molar-refractivity contribution in [3.8, 4) is 0 Å². The molecule has 0 radical (unpaired) electrons. The van der Waals surface area contributed by atoms with Gasteiger partial charge in [0, 0.05) is 23.7 Å². The minimum absolute atomic E-state index is 0.0689. The lowest BCUT2D eigenvalue weighted by Crippen LogP contribution is -2.20. The zero-order valence-electron chi connectivity index (χ0n) is 6.29. The van der Waals surface area contributed by atoms with Crippen LogP contribution in [0.2, 0.25) is 0 Å². The summed E-state index contributed by atoms with van der Waals surface area (Å²) in [6.07, 6.45) is 0. The molecule has 0 spiro atoms. The zero-order valence-corrected chi connectivity index (χ0v) is 8.69. The maximum atomic E-state index is 11.4. The fourth-order valence-electron chi connectivity index (χ4n) is 1.14. The lowest BCUT2D eigenvalue weighted by Gasteiger charge is -2.00. The van der Waals surface area contributed by atoms with Crippen molar-refractivity contribution in [3.63, 3.8) is 0 Å². The van der Waals surface area contributed by atoms with E-state index < -0.39 is 0 Å². The predicted molar refractivity (Wildman–Crippen MR) is 51.9 cm³/mol. The van der Waals surface area contributed by atoms with E-state index in [1.54, 1.807) is 22.4 Å². The maximum absolute atomic E-state index is 11.4. The molecular weight excluding hydrogens is 240 g/mol. The fourth-order valence-corrected chi connectivity index (χ4v) is 2.41. The van der Waals surface area contributed by atoms with Crippen LogP contribution in [0.3, 0.4) is 0 Å². The highest BCUT2D eigenvalue weighted by atomic mass is 79.9. The fraction of sp³-hybridized carbons (Fsp3) is 0.429. The Bertz CT molecular complexity index is 363. The van der Waals surface area contributed by atoms with Gasteiger partial charge in [0.1, 0.15) is 0 Å². The number of hydrogen-bond acceptors (Lipinski definition) is 3. The van der Waals surface area contributed by atoms with Gasteiger partial charge in [0.2, 0.25) is 0 Å². The van der Waals surface area contributed by atoms with Crippen molar-refractivity contribution in [3.05, 3.63) is 22.1 Å². The molecule has 2 rings (SSSR count). The van der Waals surface area contributed by atoms with Crippen molar-refractivity contribution >= 4 is 27.7 Å². The molecule has 5 heteroatoms. The van der Waals surface area contributed by atoms with Crippen molar-refractivity contribution in [1.82, 2.24) is 9.55 Å². The van der Waals surface area contributed by atoms with Gasteiger partial charge in [0.15, 0.2) is 5.16 Å². The molecule has 0 unspecified atom stereocenters. The second kappa shape index (κ2) is 3.22. The number of fused-ring (bicyclic) bond motifs is 1. The van der Waals surface area contributed by atoms with Crippen molar-refractivity contribution in [2.75, 3.05) is 5.75 Å². The topological polar surface area (TPSA) is 34.9 Å². The van der Waals surface area contributed by atoms with E-state index in [4.69, 9.17) is 0 Å². The minimum Gasteiger partial charge on any atom is -0.287 e. The summed E-state index contributed by atoms with van der Waals surface area (Å²) in [7, 11) is 0. The van der Waals surface area contributed by atoms with Crippen LogP contribution in [0.4, 0.5) is 0 Å². The van der Waals surface area contributed by atoms with Crippen LogP contribution in [0.5, 0.6) is 0 Å². The number of thioether (sulfide) groups is 1. The Morgan fingerprint density at radius 2 is 2.58 bits per heavy atom. The lowest BCUT2D eigenvalue weighted by molar-refractivity contribution is 0.648. The van der Waals surface area contributed by atoms with Gasteiger partial charge in [-0.2, -0.15) is 0 Å². The summed E-state index contributed by atoms with van der Waals surface area (Å²) in [6, 6.07) is 1.59. The van der Waals surface area contributed by atoms with Gasteiger partial charge in [-0.1, -0.05) is 27.7 Å². The minimum atomic E-state index is 0.0689. The van der Waals surface area contributed by atoms with Crippen LogP contribution in [0, 0.1) is 0 Å². The molecule has 0 saturated carbocycles. The predicted octanol–water partition coefficient (Wildman–Crippen LogP) is 1.24. The standard InChI is InChI=1S/C7H7BrN2OS/c8-4-5-3-6(11)10-1-2-12-7(10)9-5/h3H,1-2,4H2. The van der Waals surface area contributed by atoms with Crippen LogP contribution in [-0.4, -0.2) is 15.3 Å². The van der Waals surface area contributed by atoms with Crippen molar-refractivity contribution in [1.29, 1.82) is 0 Å². The lowest BCUT2D eigenvalue weighted by atomic mass is 10.4. The summed E-state index contributed by atoms with van der Waals surface area (Å²) < 4.78 is 1.72. The monoisotopic (exact) mass is 246 g/mol. The number of nitrogens with zero attached hydrogens (tertiary/aromatic N) is 2. The number of alkyl halides is 1. The largest absolute Gasteiger partial charge is 0.287 e. The summed E-state index contributed by atoms with van der Waals surface area (Å²) in [5, 5.41) is 1.51. The van der Waals surface area contributed by atoms with Crippen LogP contribution in [-0.2, 0) is 11.9 Å². The van der Waals surface area contributed by atoms with E-state index in [0.29, 0.717) is 5.33 Å². The molecule has 1 aromatic rings. The Morgan fingerprint density at radius 1 is 1.75 bits per heavy atom. The number of rotatable bonds is 1. The molecule has 0 bridgehead atoms. The van der Waals surface area contributed by atoms with Gasteiger partial charge < -0.3 is 0 Å². The third-order valence-electron chi connectivity index (χ3n) is 1.71. The normalized spacial score (nSPS) is 14.8. The molecule has 12 heavy (non-hydrogen) atoms. The summed E-state index contributed by atoms with van der Waals surface area (Å²) in [5.74, 6) is 0.966. The van der Waals surface area contributed by atoms with E-state index in [1.807, 2.05) is 0 Å². The smallest absolute Gasteiger partial charge is 0.254 e. The molecule has 1 aliphatic rings. The first-order valence-corrected chi connectivity index (χ1v) is 5.71. The Labute approximate surface area is 82.3 Å². The molecule has 0 aromatic carbocycles. The second-order valence-corrected chi connectivity index (χ2v) is 4.12. The van der Waals surface area contributed by atoms with Crippen molar-refractivity contribution < 1.29 is 0 Å². The molecule has 64 valence electrons. The maximum Gasteiger partial charge on any atom is 0.254 e. The molecule has 0 N–H and O–H groups in total. The molecule has 0 amide bonds. The van der Waals surface area contributed by atoms with Gasteiger partial charge in [0.25, 0.3) is 5.56 Å². The van der Waals surface area contributed by atoms with Crippen LogP contribution in [0.15, 0.2) is 16.0 Å². The molecular formula is C7H7BrN2OS. The summed E-state index contributed by atoms with van der Waals surface area (Å²) in [5.41, 5.74) is 0.889. The Balaban J connectivity index is 2.59. The molecule has 0 fully saturated rings. The molecule has 3 nitrogen and oxygen atoms in total. The van der Waals surface area contributed by atoms with E-state index in [-0.39, 0.29) is 5.56 Å². The SMILES string of the molecule is O=c1cc(CBr)nc2n1CCS2. The van der Waals surface area contributed by atoms with Gasteiger partial charge in [-0.05, 0) is 0 Å². The van der Waals surface area contributed by atoms with Crippen molar-refractivity contribution in [2.45, 2.75) is 17.0 Å². The highest BCUT2D eigenvalue weighted by Crippen LogP contribution is 2.21. The average Bonchev–Trinajstić information content (AvgIpc) is 2.52. The van der Waals surface area contributed by atoms with Gasteiger partial charge in [0.05, 0.1) is 5.69 Å². The van der Waals surface area contributed by atoms with Crippen LogP contribution < -0.4 is 5.56 Å². The summed E-state index contributed by atoms with van der Waals surface area (Å²) in [6.45, 7) is 0.800. The van der Waals surface area contributed by atoms with Gasteiger partial charge in [-0.25, -0.2) is 4.98 Å². The van der Waals surface area contributed by atoms with Gasteiger partial charge in [-0.3, -0.25) is 9.36 Å². The van der Waals surface area contributed by atoms with E-state index in [0.717, 1.165) is 23.1 Å². The Hall–Kier alpha value is -0.290. The van der Waals surface area contributed by atoms with E-state index in [1.165, 1.54) is 0 Å². The zero-order chi connectivity index (χ0) is 8.55. The molecule has 0 aliphatic carbocycles. The van der Waals surface area contributed by atoms with Crippen LogP contribution in [0.25, 0.3) is 0 Å².